The number of piperidine rings is 1. The minimum absolute atomic E-state index is 0.166. The van der Waals surface area contributed by atoms with E-state index in [9.17, 15) is 13.6 Å². The number of hydrogen-bond acceptors (Lipinski definition) is 2. The van der Waals surface area contributed by atoms with Crippen molar-refractivity contribution in [2.45, 2.75) is 12.8 Å². The molecule has 5 heteroatoms. The van der Waals surface area contributed by atoms with E-state index in [0.29, 0.717) is 19.7 Å². The van der Waals surface area contributed by atoms with Crippen LogP contribution in [-0.4, -0.2) is 37.1 Å². The van der Waals surface area contributed by atoms with Crippen molar-refractivity contribution in [2.75, 3.05) is 26.3 Å². The molecule has 1 aliphatic rings. The van der Waals surface area contributed by atoms with Crippen molar-refractivity contribution in [2.24, 2.45) is 5.92 Å². The summed E-state index contributed by atoms with van der Waals surface area (Å²) in [5.41, 5.74) is 0.166. The van der Waals surface area contributed by atoms with E-state index >= 15 is 0 Å². The molecular weight excluding hydrogens is 276 g/mol. The van der Waals surface area contributed by atoms with Gasteiger partial charge in [0.2, 0.25) is 0 Å². The average molecular weight is 293 g/mol. The molecule has 0 radical (unpaired) electrons. The number of rotatable bonds is 4. The zero-order valence-corrected chi connectivity index (χ0v) is 11.6. The predicted octanol–water partition coefficient (Wildman–Crippen LogP) is 2.47. The molecule has 1 aromatic rings. The minimum Gasteiger partial charge on any atom is -0.368 e. The average Bonchev–Trinajstić information content (AvgIpc) is 2.50. The van der Waals surface area contributed by atoms with Gasteiger partial charge in [-0.1, -0.05) is 5.92 Å². The van der Waals surface area contributed by atoms with Gasteiger partial charge >= 0.3 is 0 Å². The summed E-state index contributed by atoms with van der Waals surface area (Å²) in [6, 6.07) is 3.22. The van der Waals surface area contributed by atoms with Gasteiger partial charge in [0.15, 0.2) is 11.6 Å². The Balaban J connectivity index is 1.98. The van der Waals surface area contributed by atoms with Gasteiger partial charge in [0.1, 0.15) is 6.61 Å². The molecule has 0 aliphatic carbocycles. The lowest BCUT2D eigenvalue weighted by Gasteiger charge is -2.32. The van der Waals surface area contributed by atoms with Crippen LogP contribution in [0.2, 0.25) is 0 Å². The molecule has 1 aromatic carbocycles. The highest BCUT2D eigenvalue weighted by Crippen LogP contribution is 2.19. The van der Waals surface area contributed by atoms with E-state index in [4.69, 9.17) is 11.2 Å². The fraction of sp³-hybridized carbons (Fsp3) is 0.438. The topological polar surface area (TPSA) is 29.5 Å². The summed E-state index contributed by atoms with van der Waals surface area (Å²) in [7, 11) is 0. The van der Waals surface area contributed by atoms with Gasteiger partial charge in [0.25, 0.3) is 5.91 Å². The van der Waals surface area contributed by atoms with Crippen molar-refractivity contribution in [3.63, 3.8) is 0 Å². The number of terminal acetylenes is 1. The van der Waals surface area contributed by atoms with Crippen molar-refractivity contribution in [3.8, 4) is 12.3 Å². The number of ether oxygens (including phenoxy) is 1. The van der Waals surface area contributed by atoms with Crippen LogP contribution in [0.25, 0.3) is 0 Å². The van der Waals surface area contributed by atoms with E-state index in [-0.39, 0.29) is 24.0 Å². The highest BCUT2D eigenvalue weighted by Gasteiger charge is 2.25. The Kier molecular flexibility index (Phi) is 5.29. The van der Waals surface area contributed by atoms with Gasteiger partial charge in [-0.2, -0.15) is 0 Å². The zero-order chi connectivity index (χ0) is 15.2. The molecule has 0 spiro atoms. The number of carbonyl (C=O) groups is 1. The van der Waals surface area contributed by atoms with Gasteiger partial charge in [-0.3, -0.25) is 4.79 Å². The Hall–Kier alpha value is -1.93. The lowest BCUT2D eigenvalue weighted by molar-refractivity contribution is 0.0533. The summed E-state index contributed by atoms with van der Waals surface area (Å²) >= 11 is 0. The van der Waals surface area contributed by atoms with Crippen molar-refractivity contribution < 1.29 is 18.3 Å². The van der Waals surface area contributed by atoms with Crippen molar-refractivity contribution >= 4 is 5.91 Å². The number of halogens is 2. The molecular formula is C16H17F2NO2. The van der Waals surface area contributed by atoms with E-state index in [1.54, 1.807) is 4.90 Å². The van der Waals surface area contributed by atoms with E-state index in [1.165, 1.54) is 6.07 Å². The number of nitrogens with zero attached hydrogens (tertiary/aromatic N) is 1. The third-order valence-electron chi connectivity index (χ3n) is 3.51. The molecule has 21 heavy (non-hydrogen) atoms. The first-order chi connectivity index (χ1) is 10.1. The molecule has 1 saturated heterocycles. The Morgan fingerprint density at radius 3 is 2.95 bits per heavy atom. The first kappa shape index (κ1) is 15.5. The maximum Gasteiger partial charge on any atom is 0.253 e. The van der Waals surface area contributed by atoms with Crippen LogP contribution in [0.15, 0.2) is 18.2 Å². The van der Waals surface area contributed by atoms with Crippen LogP contribution < -0.4 is 0 Å². The van der Waals surface area contributed by atoms with Crippen LogP contribution in [0.1, 0.15) is 23.2 Å². The summed E-state index contributed by atoms with van der Waals surface area (Å²) in [6.07, 6.45) is 6.94. The van der Waals surface area contributed by atoms with E-state index in [2.05, 4.69) is 5.92 Å². The molecule has 1 unspecified atom stereocenters. The largest absolute Gasteiger partial charge is 0.368 e. The Morgan fingerprint density at radius 1 is 1.43 bits per heavy atom. The van der Waals surface area contributed by atoms with Gasteiger partial charge in [-0.15, -0.1) is 6.42 Å². The maximum absolute atomic E-state index is 13.2. The highest BCUT2D eigenvalue weighted by atomic mass is 19.2. The van der Waals surface area contributed by atoms with Crippen LogP contribution in [0.5, 0.6) is 0 Å². The maximum atomic E-state index is 13.2. The standard InChI is InChI=1S/C16H17F2NO2/c1-2-8-21-11-12-4-3-7-19(10-12)16(20)13-5-6-14(17)15(18)9-13/h1,5-6,9,12H,3-4,7-8,10-11H2. The second kappa shape index (κ2) is 7.19. The Morgan fingerprint density at radius 2 is 2.24 bits per heavy atom. The second-order valence-electron chi connectivity index (χ2n) is 5.11. The number of carbonyl (C=O) groups excluding carboxylic acids is 1. The highest BCUT2D eigenvalue weighted by molar-refractivity contribution is 5.94. The molecule has 1 aliphatic heterocycles. The lowest BCUT2D eigenvalue weighted by atomic mass is 9.98. The summed E-state index contributed by atoms with van der Waals surface area (Å²) in [6.45, 7) is 1.92. The normalized spacial score (nSPS) is 18.3. The van der Waals surface area contributed by atoms with Crippen molar-refractivity contribution in [1.29, 1.82) is 0 Å². The third-order valence-corrected chi connectivity index (χ3v) is 3.51. The van der Waals surface area contributed by atoms with Gasteiger partial charge in [0, 0.05) is 24.6 Å². The van der Waals surface area contributed by atoms with Gasteiger partial charge in [-0.25, -0.2) is 8.78 Å². The summed E-state index contributed by atoms with van der Waals surface area (Å²) in [5, 5.41) is 0. The Labute approximate surface area is 122 Å². The fourth-order valence-electron chi connectivity index (χ4n) is 2.48. The minimum atomic E-state index is -1.01. The van der Waals surface area contributed by atoms with Crippen LogP contribution in [-0.2, 0) is 4.74 Å². The van der Waals surface area contributed by atoms with E-state index in [0.717, 1.165) is 25.0 Å². The van der Waals surface area contributed by atoms with Crippen molar-refractivity contribution in [1.82, 2.24) is 4.90 Å². The first-order valence-corrected chi connectivity index (χ1v) is 6.87. The molecule has 0 aromatic heterocycles. The summed E-state index contributed by atoms with van der Waals surface area (Å²) in [4.78, 5) is 14.0. The van der Waals surface area contributed by atoms with E-state index in [1.807, 2.05) is 0 Å². The summed E-state index contributed by atoms with van der Waals surface area (Å²) in [5.74, 6) is 0.380. The fourth-order valence-corrected chi connectivity index (χ4v) is 2.48. The van der Waals surface area contributed by atoms with Gasteiger partial charge in [-0.05, 0) is 31.0 Å². The third kappa shape index (κ3) is 4.02. The van der Waals surface area contributed by atoms with Crippen LogP contribution in [0.3, 0.4) is 0 Å². The number of hydrogen-bond donors (Lipinski definition) is 0. The first-order valence-electron chi connectivity index (χ1n) is 6.87. The Bertz CT molecular complexity index is 554. The molecule has 1 atom stereocenters. The molecule has 112 valence electrons. The smallest absolute Gasteiger partial charge is 0.253 e. The molecule has 0 bridgehead atoms. The molecule has 2 rings (SSSR count). The lowest BCUT2D eigenvalue weighted by Crippen LogP contribution is -2.41. The van der Waals surface area contributed by atoms with Crippen LogP contribution in [0.4, 0.5) is 8.78 Å². The second-order valence-corrected chi connectivity index (χ2v) is 5.11. The number of benzene rings is 1. The van der Waals surface area contributed by atoms with Gasteiger partial charge in [0.05, 0.1) is 6.61 Å². The molecule has 1 fully saturated rings. The monoisotopic (exact) mass is 293 g/mol. The number of likely N-dealkylation sites (tertiary alicyclic amines) is 1. The molecule has 1 amide bonds. The molecule has 3 nitrogen and oxygen atoms in total. The summed E-state index contributed by atoms with van der Waals surface area (Å²) < 4.78 is 31.4. The van der Waals surface area contributed by atoms with Gasteiger partial charge < -0.3 is 9.64 Å². The van der Waals surface area contributed by atoms with Crippen LogP contribution >= 0.6 is 0 Å². The van der Waals surface area contributed by atoms with Crippen molar-refractivity contribution in [3.05, 3.63) is 35.4 Å². The quantitative estimate of drug-likeness (QED) is 0.630. The number of amides is 1. The zero-order valence-electron chi connectivity index (χ0n) is 11.6. The van der Waals surface area contributed by atoms with Crippen LogP contribution in [0, 0.1) is 29.9 Å². The predicted molar refractivity (Wildman–Crippen MR) is 74.6 cm³/mol. The SMILES string of the molecule is C#CCOCC1CCCN(C(=O)c2ccc(F)c(F)c2)C1. The molecule has 0 saturated carbocycles. The molecule has 1 heterocycles. The van der Waals surface area contributed by atoms with E-state index < -0.39 is 11.6 Å². The molecule has 0 N–H and O–H groups in total.